The van der Waals surface area contributed by atoms with Crippen LogP contribution in [0.5, 0.6) is 11.5 Å². The molecule has 16 atom stereocenters. The predicted octanol–water partition coefficient (Wildman–Crippen LogP) is -1.34. The van der Waals surface area contributed by atoms with Gasteiger partial charge in [0.1, 0.15) is 98.5 Å². The van der Waals surface area contributed by atoms with Gasteiger partial charge in [0.05, 0.1) is 19.6 Å². The van der Waals surface area contributed by atoms with E-state index in [1.165, 1.54) is 54.6 Å². The molecule has 412 valence electrons. The molecular formula is C51H64O24. The van der Waals surface area contributed by atoms with Gasteiger partial charge in [0, 0.05) is 13.0 Å². The average Bonchev–Trinajstić information content (AvgIpc) is 3.39. The number of rotatable bonds is 22. The Labute approximate surface area is 430 Å². The minimum atomic E-state index is -2.36. The summed E-state index contributed by atoms with van der Waals surface area (Å²) in [6, 6.07) is 20.2. The first-order valence-electron chi connectivity index (χ1n) is 23.9. The third-order valence-corrected chi connectivity index (χ3v) is 12.3. The van der Waals surface area contributed by atoms with Gasteiger partial charge in [0.15, 0.2) is 18.0 Å². The van der Waals surface area contributed by atoms with Crippen molar-refractivity contribution in [2.45, 2.75) is 145 Å². The van der Waals surface area contributed by atoms with Crippen LogP contribution in [0.15, 0.2) is 84.9 Å². The molecule has 6 rings (SSSR count). The van der Waals surface area contributed by atoms with E-state index >= 15 is 0 Å². The molecule has 0 amide bonds. The van der Waals surface area contributed by atoms with Crippen molar-refractivity contribution < 1.29 is 118 Å². The summed E-state index contributed by atoms with van der Waals surface area (Å²) in [6.45, 7) is 1.64. The SMILES string of the molecule is CC(=O)OCC1OC(OC(CC(=O)OCc2ccc(OC3OC(CO)C(O)C(O)C3O)cc2)(CC(C)C)C(=O)OCc2ccc(OC3OC(CO)C(O)C(O)C3O)cc2)C(O)C(O)C1OC(=O)C=Cc1ccccc1. The number of hydrogen-bond donors (Lipinski definition) is 10. The smallest absolute Gasteiger partial charge is 0.339 e. The Hall–Kier alpha value is -5.68. The fourth-order valence-electron chi connectivity index (χ4n) is 8.29. The van der Waals surface area contributed by atoms with Crippen molar-refractivity contribution in [1.82, 2.24) is 0 Å². The fraction of sp³-hybridized carbons (Fsp3) is 0.529. The van der Waals surface area contributed by atoms with Crippen LogP contribution in [0.3, 0.4) is 0 Å². The maximum atomic E-state index is 14.6. The second kappa shape index (κ2) is 26.9. The summed E-state index contributed by atoms with van der Waals surface area (Å²) in [6.07, 6.45) is -23.2. The van der Waals surface area contributed by atoms with Crippen molar-refractivity contribution in [2.75, 3.05) is 19.8 Å². The molecule has 3 aromatic carbocycles. The van der Waals surface area contributed by atoms with Gasteiger partial charge in [-0.05, 0) is 59.4 Å². The molecule has 3 fully saturated rings. The lowest BCUT2D eigenvalue weighted by atomic mass is 9.88. The van der Waals surface area contributed by atoms with E-state index in [0.717, 1.165) is 13.0 Å². The molecule has 0 spiro atoms. The van der Waals surface area contributed by atoms with Crippen molar-refractivity contribution in [3.63, 3.8) is 0 Å². The Morgan fingerprint density at radius 2 is 1.09 bits per heavy atom. The third kappa shape index (κ3) is 15.5. The lowest BCUT2D eigenvalue weighted by molar-refractivity contribution is -0.328. The Bertz CT molecular complexity index is 2330. The highest BCUT2D eigenvalue weighted by molar-refractivity contribution is 5.87. The van der Waals surface area contributed by atoms with Gasteiger partial charge >= 0.3 is 23.9 Å². The molecule has 3 saturated heterocycles. The number of carbonyl (C=O) groups excluding carboxylic acids is 4. The van der Waals surface area contributed by atoms with Crippen molar-refractivity contribution >= 4 is 30.0 Å². The quantitative estimate of drug-likeness (QED) is 0.0316. The number of esters is 4. The maximum Gasteiger partial charge on any atom is 0.339 e. The van der Waals surface area contributed by atoms with Gasteiger partial charge in [-0.15, -0.1) is 0 Å². The summed E-state index contributed by atoms with van der Waals surface area (Å²) >= 11 is 0. The fourth-order valence-corrected chi connectivity index (χ4v) is 8.29. The minimum absolute atomic E-state index is 0.104. The number of ether oxygens (including phenoxy) is 10. The number of hydrogen-bond acceptors (Lipinski definition) is 24. The molecule has 10 N–H and O–H groups in total. The van der Waals surface area contributed by atoms with Crippen LogP contribution in [0.1, 0.15) is 50.3 Å². The van der Waals surface area contributed by atoms with Crippen molar-refractivity contribution in [2.24, 2.45) is 5.92 Å². The topological polar surface area (TPSA) is 363 Å². The lowest BCUT2D eigenvalue weighted by Gasteiger charge is -2.44. The van der Waals surface area contributed by atoms with E-state index < -0.39 is 160 Å². The standard InChI is InChI=1S/C51H64O24/c1-26(2)19-51(50(65)68-24-30-11-16-32(17-12-30)70-48-44(63)41(60)39(58)34(22-53)72-48,20-37(56)67-23-29-9-14-31(15-10-29)69-47-43(62)40(59)38(57)33(21-52)71-47)75-49-45(64)42(61)46(35(73-49)25-66-27(3)54)74-36(55)18-13-28-7-5-4-6-8-28/h4-18,26,33-35,38-49,52-53,57-64H,19-25H2,1-3H3. The van der Waals surface area contributed by atoms with Gasteiger partial charge in [-0.3, -0.25) is 9.59 Å². The molecular weight excluding hydrogens is 997 g/mol. The van der Waals surface area contributed by atoms with E-state index in [0.29, 0.717) is 16.7 Å². The zero-order valence-corrected chi connectivity index (χ0v) is 41.0. The molecule has 3 aromatic rings. The normalized spacial score (nSPS) is 30.7. The first-order chi connectivity index (χ1) is 35.7. The van der Waals surface area contributed by atoms with E-state index in [2.05, 4.69) is 0 Å². The highest BCUT2D eigenvalue weighted by atomic mass is 16.7. The number of aliphatic hydroxyl groups is 10. The van der Waals surface area contributed by atoms with Crippen molar-refractivity contribution in [3.05, 3.63) is 102 Å². The highest BCUT2D eigenvalue weighted by Crippen LogP contribution is 2.36. The van der Waals surface area contributed by atoms with E-state index in [-0.39, 0.29) is 24.5 Å². The van der Waals surface area contributed by atoms with E-state index in [1.807, 2.05) is 0 Å². The van der Waals surface area contributed by atoms with Gasteiger partial charge in [-0.2, -0.15) is 0 Å². The predicted molar refractivity (Wildman–Crippen MR) is 252 cm³/mol. The van der Waals surface area contributed by atoms with E-state index in [4.69, 9.17) is 47.4 Å². The van der Waals surface area contributed by atoms with Gasteiger partial charge in [-0.1, -0.05) is 68.4 Å². The second-order valence-corrected chi connectivity index (χ2v) is 18.5. The Morgan fingerprint density at radius 3 is 1.59 bits per heavy atom. The summed E-state index contributed by atoms with van der Waals surface area (Å²) < 4.78 is 56.5. The maximum absolute atomic E-state index is 14.6. The summed E-state index contributed by atoms with van der Waals surface area (Å²) in [5, 5.41) is 104. The molecule has 0 aliphatic carbocycles. The number of carbonyl (C=O) groups is 4. The monoisotopic (exact) mass is 1060 g/mol. The van der Waals surface area contributed by atoms with Crippen molar-refractivity contribution in [1.29, 1.82) is 0 Å². The molecule has 24 heteroatoms. The van der Waals surface area contributed by atoms with Gasteiger partial charge in [-0.25, -0.2) is 9.59 Å². The summed E-state index contributed by atoms with van der Waals surface area (Å²) in [4.78, 5) is 53.6. The Kier molecular flexibility index (Phi) is 21.0. The van der Waals surface area contributed by atoms with Crippen LogP contribution < -0.4 is 9.47 Å². The Balaban J connectivity index is 1.21. The second-order valence-electron chi connectivity index (χ2n) is 18.5. The van der Waals surface area contributed by atoms with Crippen LogP contribution in [0.2, 0.25) is 0 Å². The van der Waals surface area contributed by atoms with Crippen LogP contribution in [0.25, 0.3) is 6.08 Å². The summed E-state index contributed by atoms with van der Waals surface area (Å²) in [5.74, 6) is -4.17. The van der Waals surface area contributed by atoms with Crippen LogP contribution in [0.4, 0.5) is 0 Å². The molecule has 75 heavy (non-hydrogen) atoms. The first-order valence-corrected chi connectivity index (χ1v) is 23.9. The molecule has 3 heterocycles. The van der Waals surface area contributed by atoms with Crippen LogP contribution >= 0.6 is 0 Å². The van der Waals surface area contributed by atoms with Gasteiger partial charge < -0.3 is 98.4 Å². The highest BCUT2D eigenvalue weighted by Gasteiger charge is 2.54. The van der Waals surface area contributed by atoms with Crippen LogP contribution in [-0.4, -0.2) is 192 Å². The average molecular weight is 1060 g/mol. The first kappa shape index (κ1) is 58.6. The van der Waals surface area contributed by atoms with Crippen LogP contribution in [0, 0.1) is 5.92 Å². The Morgan fingerprint density at radius 1 is 0.600 bits per heavy atom. The molecule has 3 aliphatic heterocycles. The third-order valence-electron chi connectivity index (χ3n) is 12.3. The molecule has 0 bridgehead atoms. The zero-order valence-electron chi connectivity index (χ0n) is 41.0. The molecule has 0 aromatic heterocycles. The largest absolute Gasteiger partial charge is 0.463 e. The summed E-state index contributed by atoms with van der Waals surface area (Å²) in [7, 11) is 0. The molecule has 16 unspecified atom stereocenters. The van der Waals surface area contributed by atoms with E-state index in [1.54, 1.807) is 44.2 Å². The molecule has 3 aliphatic rings. The molecule has 0 saturated carbocycles. The molecule has 24 nitrogen and oxygen atoms in total. The number of aliphatic hydroxyl groups excluding tert-OH is 10. The van der Waals surface area contributed by atoms with Gasteiger partial charge in [0.2, 0.25) is 12.6 Å². The van der Waals surface area contributed by atoms with Crippen LogP contribution in [-0.2, 0) is 70.3 Å². The van der Waals surface area contributed by atoms with E-state index in [9.17, 15) is 70.2 Å². The zero-order chi connectivity index (χ0) is 54.6. The molecule has 0 radical (unpaired) electrons. The minimum Gasteiger partial charge on any atom is -0.463 e. The van der Waals surface area contributed by atoms with Crippen molar-refractivity contribution in [3.8, 4) is 11.5 Å². The lowest BCUT2D eigenvalue weighted by Crippen LogP contribution is -2.63. The van der Waals surface area contributed by atoms with Gasteiger partial charge in [0.25, 0.3) is 0 Å². The number of benzene rings is 3. The summed E-state index contributed by atoms with van der Waals surface area (Å²) in [5.41, 5.74) is -0.980.